The van der Waals surface area contributed by atoms with Gasteiger partial charge in [0.15, 0.2) is 5.65 Å². The number of aromatic nitrogens is 5. The normalized spacial score (nSPS) is 15.5. The molecule has 5 aromatic rings. The molecular formula is C28H27ClN6O2. The molecule has 1 aromatic carbocycles. The van der Waals surface area contributed by atoms with Gasteiger partial charge in [0.1, 0.15) is 11.8 Å². The van der Waals surface area contributed by atoms with E-state index in [1.807, 2.05) is 61.8 Å². The van der Waals surface area contributed by atoms with Gasteiger partial charge in [-0.25, -0.2) is 4.98 Å². The molecule has 1 aliphatic heterocycles. The SMILES string of the molecule is CC[C@@H](O)C(=O)N1CCC(c2nc3c(-c4ccc(-c5ccccc5)nc4)cnn3c3[nH]cc(Cl)c23)CC1. The van der Waals surface area contributed by atoms with Gasteiger partial charge in [0, 0.05) is 48.1 Å². The van der Waals surface area contributed by atoms with E-state index in [-0.39, 0.29) is 11.8 Å². The molecule has 5 heterocycles. The highest BCUT2D eigenvalue weighted by molar-refractivity contribution is 6.35. The second-order valence-corrected chi connectivity index (χ2v) is 9.88. The van der Waals surface area contributed by atoms with Crippen molar-refractivity contribution in [3.8, 4) is 22.4 Å². The molecule has 1 fully saturated rings. The summed E-state index contributed by atoms with van der Waals surface area (Å²) in [6, 6.07) is 14.1. The number of amides is 1. The standard InChI is InChI=1S/C28H27ClN6O2/c1-2-23(36)28(37)34-12-10-18(11-13-34)25-24-21(29)16-31-27(24)35-26(33-25)20(15-32-35)19-8-9-22(30-14-19)17-6-4-3-5-7-17/h3-9,14-16,18,23,31,36H,2,10-13H2,1H3/t23-/m1/s1. The number of piperidine rings is 1. The van der Waals surface area contributed by atoms with Gasteiger partial charge in [-0.05, 0) is 25.3 Å². The lowest BCUT2D eigenvalue weighted by Gasteiger charge is -2.33. The fourth-order valence-corrected chi connectivity index (χ4v) is 5.41. The number of carbonyl (C=O) groups is 1. The van der Waals surface area contributed by atoms with E-state index in [1.165, 1.54) is 0 Å². The van der Waals surface area contributed by atoms with Crippen molar-refractivity contribution >= 4 is 34.2 Å². The summed E-state index contributed by atoms with van der Waals surface area (Å²) in [6.07, 6.45) is 6.42. The van der Waals surface area contributed by atoms with Crippen LogP contribution in [0.4, 0.5) is 0 Å². The molecule has 37 heavy (non-hydrogen) atoms. The second kappa shape index (κ2) is 9.61. The van der Waals surface area contributed by atoms with Gasteiger partial charge in [-0.1, -0.05) is 54.9 Å². The molecule has 0 radical (unpaired) electrons. The molecule has 0 bridgehead atoms. The number of H-pyrrole nitrogens is 1. The van der Waals surface area contributed by atoms with Crippen LogP contribution < -0.4 is 0 Å². The van der Waals surface area contributed by atoms with Crippen LogP contribution in [0.5, 0.6) is 0 Å². The zero-order valence-corrected chi connectivity index (χ0v) is 21.2. The summed E-state index contributed by atoms with van der Waals surface area (Å²) in [5, 5.41) is 16.1. The van der Waals surface area contributed by atoms with Gasteiger partial charge < -0.3 is 15.0 Å². The van der Waals surface area contributed by atoms with Gasteiger partial charge in [-0.2, -0.15) is 9.61 Å². The Bertz CT molecular complexity index is 1570. The quantitative estimate of drug-likeness (QED) is 0.341. The third-order valence-electron chi connectivity index (χ3n) is 7.26. The number of hydrogen-bond acceptors (Lipinski definition) is 5. The maximum absolute atomic E-state index is 12.5. The van der Waals surface area contributed by atoms with E-state index in [1.54, 1.807) is 15.6 Å². The summed E-state index contributed by atoms with van der Waals surface area (Å²) in [7, 11) is 0. The number of pyridine rings is 1. The Kier molecular flexibility index (Phi) is 6.14. The molecule has 4 aromatic heterocycles. The van der Waals surface area contributed by atoms with Crippen molar-refractivity contribution in [3.05, 3.63) is 71.8 Å². The lowest BCUT2D eigenvalue weighted by Crippen LogP contribution is -2.43. The Labute approximate surface area is 218 Å². The molecule has 9 heteroatoms. The highest BCUT2D eigenvalue weighted by Gasteiger charge is 2.30. The highest BCUT2D eigenvalue weighted by Crippen LogP contribution is 2.37. The van der Waals surface area contributed by atoms with Crippen molar-refractivity contribution in [1.29, 1.82) is 0 Å². The van der Waals surface area contributed by atoms with E-state index in [2.05, 4.69) is 15.1 Å². The Morgan fingerprint density at radius 1 is 1.14 bits per heavy atom. The van der Waals surface area contributed by atoms with Gasteiger partial charge in [0.25, 0.3) is 5.91 Å². The largest absolute Gasteiger partial charge is 0.383 e. The van der Waals surface area contributed by atoms with Crippen molar-refractivity contribution in [2.24, 2.45) is 0 Å². The van der Waals surface area contributed by atoms with Crippen LogP contribution in [0.25, 0.3) is 39.1 Å². The Hall–Kier alpha value is -3.75. The lowest BCUT2D eigenvalue weighted by molar-refractivity contribution is -0.141. The number of hydrogen-bond donors (Lipinski definition) is 2. The zero-order valence-electron chi connectivity index (χ0n) is 20.4. The number of benzene rings is 1. The molecule has 1 aliphatic rings. The van der Waals surface area contributed by atoms with E-state index < -0.39 is 6.10 Å². The van der Waals surface area contributed by atoms with Crippen molar-refractivity contribution in [1.82, 2.24) is 29.5 Å². The van der Waals surface area contributed by atoms with Gasteiger partial charge >= 0.3 is 0 Å². The number of likely N-dealkylation sites (tertiary alicyclic amines) is 1. The monoisotopic (exact) mass is 514 g/mol. The molecule has 0 unspecified atom stereocenters. The number of carbonyl (C=O) groups excluding carboxylic acids is 1. The first-order chi connectivity index (χ1) is 18.0. The summed E-state index contributed by atoms with van der Waals surface area (Å²) < 4.78 is 1.79. The van der Waals surface area contributed by atoms with Gasteiger partial charge in [-0.15, -0.1) is 0 Å². The first kappa shape index (κ1) is 23.6. The molecule has 188 valence electrons. The summed E-state index contributed by atoms with van der Waals surface area (Å²) >= 11 is 6.62. The fraction of sp³-hybridized carbons (Fsp3) is 0.286. The average Bonchev–Trinajstić information content (AvgIpc) is 3.56. The molecule has 0 spiro atoms. The molecule has 1 amide bonds. The minimum Gasteiger partial charge on any atom is -0.383 e. The van der Waals surface area contributed by atoms with Crippen LogP contribution in [-0.4, -0.2) is 59.7 Å². The maximum Gasteiger partial charge on any atom is 0.251 e. The molecule has 8 nitrogen and oxygen atoms in total. The molecular weight excluding hydrogens is 488 g/mol. The smallest absolute Gasteiger partial charge is 0.251 e. The van der Waals surface area contributed by atoms with E-state index in [0.717, 1.165) is 57.6 Å². The molecule has 2 N–H and O–H groups in total. The van der Waals surface area contributed by atoms with E-state index in [4.69, 9.17) is 16.6 Å². The summed E-state index contributed by atoms with van der Waals surface area (Å²) in [5.74, 6) is -0.0661. The lowest BCUT2D eigenvalue weighted by atomic mass is 9.91. The van der Waals surface area contributed by atoms with E-state index in [0.29, 0.717) is 24.5 Å². The van der Waals surface area contributed by atoms with Crippen LogP contribution in [0.2, 0.25) is 5.02 Å². The summed E-state index contributed by atoms with van der Waals surface area (Å²) in [5.41, 5.74) is 6.22. The van der Waals surface area contributed by atoms with Crippen LogP contribution >= 0.6 is 11.6 Å². The number of aliphatic hydroxyl groups is 1. The third kappa shape index (κ3) is 4.16. The number of nitrogens with one attached hydrogen (secondary N) is 1. The van der Waals surface area contributed by atoms with Crippen molar-refractivity contribution in [2.45, 2.75) is 38.2 Å². The van der Waals surface area contributed by atoms with Crippen LogP contribution in [0.15, 0.2) is 61.1 Å². The molecule has 0 aliphatic carbocycles. The zero-order chi connectivity index (χ0) is 25.5. The number of fused-ring (bicyclic) bond motifs is 3. The van der Waals surface area contributed by atoms with E-state index >= 15 is 0 Å². The third-order valence-corrected chi connectivity index (χ3v) is 7.56. The van der Waals surface area contributed by atoms with Crippen LogP contribution in [0, 0.1) is 0 Å². The van der Waals surface area contributed by atoms with Crippen molar-refractivity contribution in [3.63, 3.8) is 0 Å². The van der Waals surface area contributed by atoms with Crippen molar-refractivity contribution in [2.75, 3.05) is 13.1 Å². The maximum atomic E-state index is 12.5. The fourth-order valence-electron chi connectivity index (χ4n) is 5.17. The number of halogens is 1. The summed E-state index contributed by atoms with van der Waals surface area (Å²) in [4.78, 5) is 27.3. The number of rotatable bonds is 5. The average molecular weight is 515 g/mol. The Morgan fingerprint density at radius 2 is 1.92 bits per heavy atom. The number of nitrogens with zero attached hydrogens (tertiary/aromatic N) is 5. The van der Waals surface area contributed by atoms with Crippen LogP contribution in [-0.2, 0) is 4.79 Å². The van der Waals surface area contributed by atoms with Gasteiger partial charge in [-0.3, -0.25) is 9.78 Å². The molecule has 6 rings (SSSR count). The predicted octanol–water partition coefficient (Wildman–Crippen LogP) is 5.07. The first-order valence-corrected chi connectivity index (χ1v) is 13.0. The van der Waals surface area contributed by atoms with Crippen molar-refractivity contribution < 1.29 is 9.90 Å². The van der Waals surface area contributed by atoms with Gasteiger partial charge in [0.05, 0.1) is 28.0 Å². The number of aliphatic hydroxyl groups excluding tert-OH is 1. The van der Waals surface area contributed by atoms with Crippen LogP contribution in [0.3, 0.4) is 0 Å². The van der Waals surface area contributed by atoms with Crippen LogP contribution in [0.1, 0.15) is 37.8 Å². The predicted molar refractivity (Wildman–Crippen MR) is 143 cm³/mol. The minimum atomic E-state index is -0.937. The highest BCUT2D eigenvalue weighted by atomic mass is 35.5. The topological polar surface area (TPSA) is 99.4 Å². The molecule has 1 saturated heterocycles. The summed E-state index contributed by atoms with van der Waals surface area (Å²) in [6.45, 7) is 2.97. The molecule has 1 atom stereocenters. The minimum absolute atomic E-state index is 0.130. The second-order valence-electron chi connectivity index (χ2n) is 9.47. The Balaban J connectivity index is 1.37. The first-order valence-electron chi connectivity index (χ1n) is 12.6. The number of aromatic amines is 1. The Morgan fingerprint density at radius 3 is 2.62 bits per heavy atom. The van der Waals surface area contributed by atoms with Gasteiger partial charge in [0.2, 0.25) is 0 Å². The van der Waals surface area contributed by atoms with E-state index in [9.17, 15) is 9.90 Å². The molecule has 0 saturated carbocycles.